The van der Waals surface area contributed by atoms with Crippen molar-refractivity contribution in [1.29, 1.82) is 0 Å². The van der Waals surface area contributed by atoms with Gasteiger partial charge in [0.2, 0.25) is 0 Å². The smallest absolute Gasteiger partial charge is 0.317 e. The molecule has 0 aromatic carbocycles. The van der Waals surface area contributed by atoms with Gasteiger partial charge in [0.15, 0.2) is 5.82 Å². The number of aromatic nitrogens is 3. The average Bonchev–Trinajstić information content (AvgIpc) is 2.78. The van der Waals surface area contributed by atoms with Gasteiger partial charge in [-0.25, -0.2) is 9.78 Å². The van der Waals surface area contributed by atoms with Gasteiger partial charge in [0, 0.05) is 20.0 Å². The van der Waals surface area contributed by atoms with Gasteiger partial charge >= 0.3 is 12.0 Å². The molecule has 1 heterocycles. The highest BCUT2D eigenvalue weighted by Gasteiger charge is 2.15. The maximum absolute atomic E-state index is 11.9. The maximum atomic E-state index is 11.9. The summed E-state index contributed by atoms with van der Waals surface area (Å²) in [5.74, 6) is 0.324. The zero-order valence-electron chi connectivity index (χ0n) is 12.0. The molecule has 0 spiro atoms. The van der Waals surface area contributed by atoms with Gasteiger partial charge in [-0.3, -0.25) is 9.89 Å². The number of carboxylic acids is 1. The van der Waals surface area contributed by atoms with E-state index in [9.17, 15) is 9.59 Å². The molecule has 1 atom stereocenters. The lowest BCUT2D eigenvalue weighted by Gasteiger charge is -2.19. The number of aliphatic carboxylic acids is 1. The topological polar surface area (TPSA) is 111 Å². The number of hydrogen-bond acceptors (Lipinski definition) is 4. The summed E-state index contributed by atoms with van der Waals surface area (Å²) >= 11 is 0. The van der Waals surface area contributed by atoms with Crippen LogP contribution in [0.4, 0.5) is 4.79 Å². The Labute approximate surface area is 117 Å². The van der Waals surface area contributed by atoms with Crippen molar-refractivity contribution in [3.63, 3.8) is 0 Å². The summed E-state index contributed by atoms with van der Waals surface area (Å²) < 4.78 is 0. The Kier molecular flexibility index (Phi) is 5.95. The van der Waals surface area contributed by atoms with Crippen LogP contribution >= 0.6 is 0 Å². The standard InChI is InChI=1S/C12H21N5O3/c1-4-9(5-11(18)19)6-13-12(20)17(3)7-10-14-8(2)15-16-10/h9H,4-7H2,1-3H3,(H,13,20)(H,18,19)(H,14,15,16). The first-order valence-electron chi connectivity index (χ1n) is 6.51. The van der Waals surface area contributed by atoms with Crippen molar-refractivity contribution in [2.45, 2.75) is 33.2 Å². The molecule has 0 saturated heterocycles. The Morgan fingerprint density at radius 3 is 2.70 bits per heavy atom. The van der Waals surface area contributed by atoms with Crippen molar-refractivity contribution in [3.05, 3.63) is 11.6 Å². The number of carboxylic acid groups (broad SMARTS) is 1. The second kappa shape index (κ2) is 7.46. The molecule has 1 unspecified atom stereocenters. The number of aromatic amines is 1. The van der Waals surface area contributed by atoms with Gasteiger partial charge in [0.25, 0.3) is 0 Å². The van der Waals surface area contributed by atoms with Crippen molar-refractivity contribution in [1.82, 2.24) is 25.4 Å². The van der Waals surface area contributed by atoms with E-state index in [4.69, 9.17) is 5.11 Å². The van der Waals surface area contributed by atoms with E-state index < -0.39 is 5.97 Å². The minimum Gasteiger partial charge on any atom is -0.481 e. The molecule has 1 rings (SSSR count). The first-order chi connectivity index (χ1) is 9.42. The number of nitrogens with one attached hydrogen (secondary N) is 2. The normalized spacial score (nSPS) is 11.9. The number of aryl methyl sites for hydroxylation is 1. The maximum Gasteiger partial charge on any atom is 0.317 e. The summed E-state index contributed by atoms with van der Waals surface area (Å²) in [6, 6.07) is -0.267. The zero-order chi connectivity index (χ0) is 15.1. The summed E-state index contributed by atoms with van der Waals surface area (Å²) in [6.07, 6.45) is 0.761. The van der Waals surface area contributed by atoms with E-state index in [1.165, 1.54) is 4.90 Å². The van der Waals surface area contributed by atoms with Crippen LogP contribution in [0.15, 0.2) is 0 Å². The monoisotopic (exact) mass is 283 g/mol. The molecule has 0 fully saturated rings. The molecule has 1 aromatic rings. The summed E-state index contributed by atoms with van der Waals surface area (Å²) in [7, 11) is 1.64. The largest absolute Gasteiger partial charge is 0.481 e. The Bertz CT molecular complexity index is 460. The van der Waals surface area contributed by atoms with Gasteiger partial charge in [-0.15, -0.1) is 0 Å². The Morgan fingerprint density at radius 2 is 2.20 bits per heavy atom. The Morgan fingerprint density at radius 1 is 1.50 bits per heavy atom. The van der Waals surface area contributed by atoms with E-state index in [2.05, 4.69) is 20.5 Å². The van der Waals surface area contributed by atoms with Gasteiger partial charge in [0.05, 0.1) is 6.54 Å². The number of carbonyl (C=O) groups excluding carboxylic acids is 1. The molecule has 3 N–H and O–H groups in total. The van der Waals surface area contributed by atoms with Crippen molar-refractivity contribution in [3.8, 4) is 0 Å². The van der Waals surface area contributed by atoms with Gasteiger partial charge in [-0.05, 0) is 12.8 Å². The first kappa shape index (κ1) is 15.9. The molecule has 0 aliphatic heterocycles. The highest BCUT2D eigenvalue weighted by Crippen LogP contribution is 2.07. The number of rotatable bonds is 7. The quantitative estimate of drug-likeness (QED) is 0.684. The van der Waals surface area contributed by atoms with Crippen LogP contribution in [-0.4, -0.2) is 50.8 Å². The van der Waals surface area contributed by atoms with E-state index >= 15 is 0 Å². The number of urea groups is 1. The number of H-pyrrole nitrogens is 1. The molecule has 0 radical (unpaired) electrons. The minimum atomic E-state index is -0.851. The van der Waals surface area contributed by atoms with Gasteiger partial charge < -0.3 is 15.3 Å². The predicted molar refractivity (Wildman–Crippen MR) is 72.0 cm³/mol. The third kappa shape index (κ3) is 5.25. The Balaban J connectivity index is 2.39. The summed E-state index contributed by atoms with van der Waals surface area (Å²) in [5, 5.41) is 18.1. The summed E-state index contributed by atoms with van der Waals surface area (Å²) in [5.41, 5.74) is 0. The molecule has 0 bridgehead atoms. The van der Waals surface area contributed by atoms with E-state index in [1.54, 1.807) is 14.0 Å². The van der Waals surface area contributed by atoms with E-state index in [1.807, 2.05) is 6.92 Å². The third-order valence-corrected chi connectivity index (χ3v) is 2.95. The zero-order valence-corrected chi connectivity index (χ0v) is 12.0. The predicted octanol–water partition coefficient (Wildman–Crippen LogP) is 0.755. The van der Waals surface area contributed by atoms with Gasteiger partial charge in [-0.2, -0.15) is 5.10 Å². The van der Waals surface area contributed by atoms with Crippen molar-refractivity contribution < 1.29 is 14.7 Å². The highest BCUT2D eigenvalue weighted by atomic mass is 16.4. The molecule has 20 heavy (non-hydrogen) atoms. The summed E-state index contributed by atoms with van der Waals surface area (Å²) in [4.78, 5) is 28.1. The fourth-order valence-electron chi connectivity index (χ4n) is 1.72. The van der Waals surface area contributed by atoms with Crippen molar-refractivity contribution in [2.24, 2.45) is 5.92 Å². The molecular formula is C12H21N5O3. The van der Waals surface area contributed by atoms with E-state index in [0.717, 1.165) is 0 Å². The van der Waals surface area contributed by atoms with Crippen LogP contribution in [-0.2, 0) is 11.3 Å². The molecule has 0 saturated carbocycles. The second-order valence-electron chi connectivity index (χ2n) is 4.75. The Hall–Kier alpha value is -2.12. The fourth-order valence-corrected chi connectivity index (χ4v) is 1.72. The lowest BCUT2D eigenvalue weighted by Crippen LogP contribution is -2.39. The van der Waals surface area contributed by atoms with Crippen LogP contribution in [0, 0.1) is 12.8 Å². The second-order valence-corrected chi connectivity index (χ2v) is 4.75. The van der Waals surface area contributed by atoms with Crippen LogP contribution < -0.4 is 5.32 Å². The first-order valence-corrected chi connectivity index (χ1v) is 6.51. The molecule has 0 aliphatic rings. The fraction of sp³-hybridized carbons (Fsp3) is 0.667. The van der Waals surface area contributed by atoms with Crippen molar-refractivity contribution >= 4 is 12.0 Å². The van der Waals surface area contributed by atoms with Crippen LogP contribution in [0.1, 0.15) is 31.4 Å². The molecule has 112 valence electrons. The van der Waals surface area contributed by atoms with Crippen LogP contribution in [0.25, 0.3) is 0 Å². The average molecular weight is 283 g/mol. The van der Waals surface area contributed by atoms with Crippen LogP contribution in [0.5, 0.6) is 0 Å². The minimum absolute atomic E-state index is 0.0562. The highest BCUT2D eigenvalue weighted by molar-refractivity contribution is 5.74. The van der Waals surface area contributed by atoms with Crippen LogP contribution in [0.3, 0.4) is 0 Å². The number of carbonyl (C=O) groups is 2. The molecular weight excluding hydrogens is 262 g/mol. The third-order valence-electron chi connectivity index (χ3n) is 2.95. The molecule has 1 aromatic heterocycles. The molecule has 8 heteroatoms. The number of amides is 2. The number of nitrogens with zero attached hydrogens (tertiary/aromatic N) is 3. The lowest BCUT2D eigenvalue weighted by atomic mass is 10.0. The van der Waals surface area contributed by atoms with Gasteiger partial charge in [-0.1, -0.05) is 13.3 Å². The molecule has 0 aliphatic carbocycles. The van der Waals surface area contributed by atoms with Crippen LogP contribution in [0.2, 0.25) is 0 Å². The van der Waals surface area contributed by atoms with E-state index in [0.29, 0.717) is 31.2 Å². The van der Waals surface area contributed by atoms with E-state index in [-0.39, 0.29) is 18.4 Å². The van der Waals surface area contributed by atoms with Crippen molar-refractivity contribution in [2.75, 3.05) is 13.6 Å². The lowest BCUT2D eigenvalue weighted by molar-refractivity contribution is -0.138. The molecule has 2 amide bonds. The number of hydrogen-bond donors (Lipinski definition) is 3. The molecule has 8 nitrogen and oxygen atoms in total. The summed E-state index contributed by atoms with van der Waals surface area (Å²) in [6.45, 7) is 4.33. The van der Waals surface area contributed by atoms with Gasteiger partial charge in [0.1, 0.15) is 5.82 Å². The SMILES string of the molecule is CCC(CNC(=O)N(C)Cc1n[nH]c(C)n1)CC(=O)O.